The minimum atomic E-state index is -0.0139. The maximum absolute atomic E-state index is 12.3. The smallest absolute Gasteiger partial charge is 0.257 e. The lowest BCUT2D eigenvalue weighted by Gasteiger charge is -2.23. The fraction of sp³-hybridized carbons (Fsp3) is 0.538. The molecule has 0 saturated carbocycles. The Balaban J connectivity index is 2.14. The third kappa shape index (κ3) is 2.40. The molecule has 1 amide bonds. The molecule has 4 heteroatoms. The molecule has 17 heavy (non-hydrogen) atoms. The highest BCUT2D eigenvalue weighted by molar-refractivity contribution is 5.95. The molecule has 1 atom stereocenters. The molecular formula is C13H17NO3. The van der Waals surface area contributed by atoms with E-state index in [4.69, 9.17) is 4.42 Å². The highest BCUT2D eigenvalue weighted by Gasteiger charge is 2.31. The second-order valence-corrected chi connectivity index (χ2v) is 4.59. The van der Waals surface area contributed by atoms with Crippen LogP contribution in [-0.2, 0) is 4.79 Å². The fourth-order valence-electron chi connectivity index (χ4n) is 2.41. The Labute approximate surface area is 101 Å². The lowest BCUT2D eigenvalue weighted by molar-refractivity contribution is -0.117. The van der Waals surface area contributed by atoms with E-state index >= 15 is 0 Å². The van der Waals surface area contributed by atoms with Gasteiger partial charge in [-0.15, -0.1) is 0 Å². The van der Waals surface area contributed by atoms with Crippen LogP contribution in [0.15, 0.2) is 16.7 Å². The number of Topliss-reactive ketones (excluding diaryl/α,β-unsaturated/α-hetero) is 1. The van der Waals surface area contributed by atoms with Gasteiger partial charge in [-0.2, -0.15) is 0 Å². The summed E-state index contributed by atoms with van der Waals surface area (Å²) in [4.78, 5) is 25.2. The Bertz CT molecular complexity index is 436. The van der Waals surface area contributed by atoms with Gasteiger partial charge < -0.3 is 9.32 Å². The average molecular weight is 235 g/mol. The van der Waals surface area contributed by atoms with E-state index in [1.165, 1.54) is 6.26 Å². The molecular weight excluding hydrogens is 218 g/mol. The zero-order valence-corrected chi connectivity index (χ0v) is 10.2. The first kappa shape index (κ1) is 11.9. The van der Waals surface area contributed by atoms with E-state index in [0.29, 0.717) is 17.7 Å². The number of hydrogen-bond donors (Lipinski definition) is 0. The molecule has 1 fully saturated rings. The first-order valence-electron chi connectivity index (χ1n) is 5.94. The monoisotopic (exact) mass is 235 g/mol. The third-order valence-corrected chi connectivity index (χ3v) is 3.25. The molecule has 2 heterocycles. The molecule has 1 aromatic rings. The van der Waals surface area contributed by atoms with Crippen LogP contribution in [0.25, 0.3) is 0 Å². The number of furan rings is 1. The molecule has 1 aliphatic heterocycles. The van der Waals surface area contributed by atoms with Gasteiger partial charge in [0.25, 0.3) is 5.91 Å². The van der Waals surface area contributed by atoms with Crippen LogP contribution in [0, 0.1) is 6.92 Å². The van der Waals surface area contributed by atoms with E-state index < -0.39 is 0 Å². The van der Waals surface area contributed by atoms with Crippen LogP contribution in [0.3, 0.4) is 0 Å². The van der Waals surface area contributed by atoms with Crippen molar-refractivity contribution in [1.29, 1.82) is 0 Å². The van der Waals surface area contributed by atoms with E-state index in [-0.39, 0.29) is 17.7 Å². The van der Waals surface area contributed by atoms with Gasteiger partial charge in [-0.3, -0.25) is 9.59 Å². The zero-order chi connectivity index (χ0) is 12.4. The normalized spacial score (nSPS) is 19.6. The van der Waals surface area contributed by atoms with E-state index in [9.17, 15) is 9.59 Å². The summed E-state index contributed by atoms with van der Waals surface area (Å²) >= 11 is 0. The van der Waals surface area contributed by atoms with Gasteiger partial charge in [0.2, 0.25) is 0 Å². The molecule has 0 N–H and O–H groups in total. The number of aryl methyl sites for hydroxylation is 1. The van der Waals surface area contributed by atoms with E-state index in [2.05, 4.69) is 0 Å². The summed E-state index contributed by atoms with van der Waals surface area (Å²) in [5.41, 5.74) is 0.612. The first-order chi connectivity index (χ1) is 8.09. The standard InChI is InChI=1S/C13H17NO3/c1-9(15)8-11-4-3-6-14(11)13(16)12-5-7-17-10(12)2/h5,7,11H,3-4,6,8H2,1-2H3. The SMILES string of the molecule is CC(=O)CC1CCCN1C(=O)c1ccoc1C. The van der Waals surface area contributed by atoms with Gasteiger partial charge in [-0.1, -0.05) is 0 Å². The molecule has 0 bridgehead atoms. The second-order valence-electron chi connectivity index (χ2n) is 4.59. The van der Waals surface area contributed by atoms with Crippen LogP contribution in [0.2, 0.25) is 0 Å². The number of carbonyl (C=O) groups is 2. The van der Waals surface area contributed by atoms with Crippen molar-refractivity contribution in [3.8, 4) is 0 Å². The van der Waals surface area contributed by atoms with Crippen molar-refractivity contribution in [2.24, 2.45) is 0 Å². The number of likely N-dealkylation sites (tertiary alicyclic amines) is 1. The second kappa shape index (κ2) is 4.73. The summed E-state index contributed by atoms with van der Waals surface area (Å²) in [6.07, 6.45) is 3.88. The fourth-order valence-corrected chi connectivity index (χ4v) is 2.41. The molecule has 2 rings (SSSR count). The van der Waals surface area contributed by atoms with Crippen molar-refractivity contribution in [3.05, 3.63) is 23.7 Å². The lowest BCUT2D eigenvalue weighted by Crippen LogP contribution is -2.36. The van der Waals surface area contributed by atoms with Crippen molar-refractivity contribution in [3.63, 3.8) is 0 Å². The molecule has 4 nitrogen and oxygen atoms in total. The highest BCUT2D eigenvalue weighted by Crippen LogP contribution is 2.24. The van der Waals surface area contributed by atoms with Gasteiger partial charge >= 0.3 is 0 Å². The molecule has 1 aromatic heterocycles. The summed E-state index contributed by atoms with van der Waals surface area (Å²) in [5, 5.41) is 0. The van der Waals surface area contributed by atoms with Gasteiger partial charge in [-0.05, 0) is 32.8 Å². The van der Waals surface area contributed by atoms with Crippen LogP contribution in [0.5, 0.6) is 0 Å². The third-order valence-electron chi connectivity index (χ3n) is 3.25. The number of amides is 1. The summed E-state index contributed by atoms with van der Waals surface area (Å²) in [6, 6.07) is 1.76. The van der Waals surface area contributed by atoms with Crippen molar-refractivity contribution >= 4 is 11.7 Å². The summed E-state index contributed by atoms with van der Waals surface area (Å²) in [5.74, 6) is 0.766. The predicted octanol–water partition coefficient (Wildman–Crippen LogP) is 2.17. The maximum Gasteiger partial charge on any atom is 0.257 e. The summed E-state index contributed by atoms with van der Waals surface area (Å²) in [7, 11) is 0. The summed E-state index contributed by atoms with van der Waals surface area (Å²) < 4.78 is 5.15. The van der Waals surface area contributed by atoms with Gasteiger partial charge in [0.15, 0.2) is 0 Å². The quantitative estimate of drug-likeness (QED) is 0.806. The van der Waals surface area contributed by atoms with Crippen LogP contribution in [0.4, 0.5) is 0 Å². The molecule has 1 unspecified atom stereocenters. The molecule has 1 saturated heterocycles. The largest absolute Gasteiger partial charge is 0.469 e. The van der Waals surface area contributed by atoms with Crippen LogP contribution in [-0.4, -0.2) is 29.2 Å². The van der Waals surface area contributed by atoms with Crippen molar-refractivity contribution in [2.45, 2.75) is 39.2 Å². The number of ketones is 1. The summed E-state index contributed by atoms with van der Waals surface area (Å²) in [6.45, 7) is 4.09. The minimum absolute atomic E-state index is 0.0139. The van der Waals surface area contributed by atoms with Crippen LogP contribution in [0.1, 0.15) is 42.3 Å². The molecule has 0 spiro atoms. The van der Waals surface area contributed by atoms with Gasteiger partial charge in [0, 0.05) is 19.0 Å². The van der Waals surface area contributed by atoms with Crippen molar-refractivity contribution in [2.75, 3.05) is 6.54 Å². The number of carbonyl (C=O) groups excluding carboxylic acids is 2. The molecule has 1 aliphatic rings. The Morgan fingerprint density at radius 2 is 2.29 bits per heavy atom. The van der Waals surface area contributed by atoms with Crippen molar-refractivity contribution < 1.29 is 14.0 Å². The van der Waals surface area contributed by atoms with Gasteiger partial charge in [-0.25, -0.2) is 0 Å². The highest BCUT2D eigenvalue weighted by atomic mass is 16.3. The van der Waals surface area contributed by atoms with Crippen molar-refractivity contribution in [1.82, 2.24) is 4.90 Å². The topological polar surface area (TPSA) is 50.5 Å². The first-order valence-corrected chi connectivity index (χ1v) is 5.94. The molecule has 92 valence electrons. The minimum Gasteiger partial charge on any atom is -0.469 e. The van der Waals surface area contributed by atoms with E-state index in [1.54, 1.807) is 24.8 Å². The average Bonchev–Trinajstić information content (AvgIpc) is 2.85. The molecule has 0 aliphatic carbocycles. The Morgan fingerprint density at radius 1 is 1.53 bits per heavy atom. The Morgan fingerprint density at radius 3 is 2.88 bits per heavy atom. The lowest BCUT2D eigenvalue weighted by atomic mass is 10.1. The number of rotatable bonds is 3. The van der Waals surface area contributed by atoms with Gasteiger partial charge in [0.1, 0.15) is 11.5 Å². The van der Waals surface area contributed by atoms with Crippen LogP contribution >= 0.6 is 0 Å². The molecule has 0 radical (unpaired) electrons. The van der Waals surface area contributed by atoms with E-state index in [0.717, 1.165) is 19.4 Å². The Hall–Kier alpha value is -1.58. The molecule has 0 aromatic carbocycles. The number of hydrogen-bond acceptors (Lipinski definition) is 3. The zero-order valence-electron chi connectivity index (χ0n) is 10.2. The predicted molar refractivity (Wildman–Crippen MR) is 62.8 cm³/mol. The maximum atomic E-state index is 12.3. The Kier molecular flexibility index (Phi) is 3.31. The van der Waals surface area contributed by atoms with Gasteiger partial charge in [0.05, 0.1) is 11.8 Å². The number of nitrogens with zero attached hydrogens (tertiary/aromatic N) is 1. The van der Waals surface area contributed by atoms with E-state index in [1.807, 2.05) is 0 Å². The van der Waals surface area contributed by atoms with Crippen LogP contribution < -0.4 is 0 Å².